The molecule has 0 atom stereocenters. The molecule has 1 aliphatic heterocycles. The highest BCUT2D eigenvalue weighted by Crippen LogP contribution is 2.34. The first-order chi connectivity index (χ1) is 17.2. The van der Waals surface area contributed by atoms with Crippen molar-refractivity contribution in [2.45, 2.75) is 52.1 Å². The summed E-state index contributed by atoms with van der Waals surface area (Å²) < 4.78 is 7.63. The number of rotatable bonds is 7. The molecule has 0 saturated carbocycles. The predicted octanol–water partition coefficient (Wildman–Crippen LogP) is 4.49. The minimum absolute atomic E-state index is 0.211. The van der Waals surface area contributed by atoms with Crippen LogP contribution in [-0.2, 0) is 13.5 Å². The molecule has 1 fully saturated rings. The van der Waals surface area contributed by atoms with E-state index in [1.807, 2.05) is 30.7 Å². The van der Waals surface area contributed by atoms with Crippen LogP contribution in [0.25, 0.3) is 22.5 Å². The van der Waals surface area contributed by atoms with Gasteiger partial charge in [0.25, 0.3) is 5.91 Å². The van der Waals surface area contributed by atoms with E-state index in [1.165, 1.54) is 6.26 Å². The van der Waals surface area contributed by atoms with E-state index in [9.17, 15) is 9.90 Å². The second-order valence-corrected chi connectivity index (χ2v) is 10.1. The number of anilines is 2. The molecule has 0 unspecified atom stereocenters. The highest BCUT2D eigenvalue weighted by atomic mass is 16.3. The van der Waals surface area contributed by atoms with Gasteiger partial charge in [0.1, 0.15) is 12.1 Å². The fourth-order valence-electron chi connectivity index (χ4n) is 4.61. The molecule has 1 amide bonds. The number of pyridine rings is 1. The van der Waals surface area contributed by atoms with Gasteiger partial charge in [-0.25, -0.2) is 9.97 Å². The number of amides is 1. The van der Waals surface area contributed by atoms with Crippen molar-refractivity contribution >= 4 is 28.3 Å². The van der Waals surface area contributed by atoms with Gasteiger partial charge in [0.2, 0.25) is 5.89 Å². The lowest BCUT2D eigenvalue weighted by molar-refractivity contribution is 0.0706. The summed E-state index contributed by atoms with van der Waals surface area (Å²) in [7, 11) is 1.97. The molecular formula is C27H32N6O3. The monoisotopic (exact) mass is 488 g/mol. The van der Waals surface area contributed by atoms with Crippen molar-refractivity contribution in [3.63, 3.8) is 0 Å². The summed E-state index contributed by atoms with van der Waals surface area (Å²) in [5, 5.41) is 13.2. The summed E-state index contributed by atoms with van der Waals surface area (Å²) >= 11 is 0. The third-order valence-corrected chi connectivity index (χ3v) is 6.63. The predicted molar refractivity (Wildman–Crippen MR) is 139 cm³/mol. The first-order valence-electron chi connectivity index (χ1n) is 12.3. The van der Waals surface area contributed by atoms with Gasteiger partial charge in [0.05, 0.1) is 28.0 Å². The van der Waals surface area contributed by atoms with Gasteiger partial charge in [0.15, 0.2) is 5.69 Å². The zero-order valence-corrected chi connectivity index (χ0v) is 21.2. The molecule has 9 heteroatoms. The molecule has 0 radical (unpaired) electrons. The molecule has 4 aromatic rings. The summed E-state index contributed by atoms with van der Waals surface area (Å²) in [6.45, 7) is 7.37. The zero-order chi connectivity index (χ0) is 25.4. The van der Waals surface area contributed by atoms with E-state index in [0.717, 1.165) is 65.4 Å². The highest BCUT2D eigenvalue weighted by molar-refractivity contribution is 6.06. The fourth-order valence-corrected chi connectivity index (χ4v) is 4.61. The maximum Gasteiger partial charge on any atom is 0.277 e. The van der Waals surface area contributed by atoms with Crippen LogP contribution in [-0.4, -0.2) is 49.2 Å². The Morgan fingerprint density at radius 3 is 2.69 bits per heavy atom. The van der Waals surface area contributed by atoms with Gasteiger partial charge in [-0.2, -0.15) is 0 Å². The average Bonchev–Trinajstić information content (AvgIpc) is 3.58. The van der Waals surface area contributed by atoms with Crippen molar-refractivity contribution in [2.75, 3.05) is 23.3 Å². The summed E-state index contributed by atoms with van der Waals surface area (Å²) in [4.78, 5) is 29.0. The Kier molecular flexibility index (Phi) is 6.26. The normalized spacial score (nSPS) is 14.1. The summed E-state index contributed by atoms with van der Waals surface area (Å²) in [6, 6.07) is 7.70. The van der Waals surface area contributed by atoms with Gasteiger partial charge < -0.3 is 24.3 Å². The Bertz CT molecular complexity index is 1410. The van der Waals surface area contributed by atoms with E-state index in [-0.39, 0.29) is 11.6 Å². The van der Waals surface area contributed by atoms with Crippen LogP contribution < -0.4 is 10.2 Å². The number of oxazole rings is 1. The molecule has 0 aliphatic carbocycles. The summed E-state index contributed by atoms with van der Waals surface area (Å²) in [5.74, 6) is 0.945. The van der Waals surface area contributed by atoms with E-state index in [2.05, 4.69) is 26.3 Å². The van der Waals surface area contributed by atoms with Crippen LogP contribution in [0.5, 0.6) is 0 Å². The number of nitrogens with one attached hydrogen (secondary N) is 1. The number of hydrogen-bond donors (Lipinski definition) is 2. The number of benzene rings is 1. The standard InChI is InChI=1S/C27H32N6O3/c1-17-13-18(8-10-28-17)26-31-21(16-36-26)25(34)30-20-14-22-19(15-23(20)33-11-5-6-12-33)29-24(32(22)4)7-9-27(2,3)35/h8,10,13-16,35H,5-7,9,11-12H2,1-4H3,(H,30,34). The second kappa shape index (κ2) is 9.39. The smallest absolute Gasteiger partial charge is 0.277 e. The minimum atomic E-state index is -0.761. The largest absolute Gasteiger partial charge is 0.444 e. The van der Waals surface area contributed by atoms with Crippen molar-refractivity contribution in [1.82, 2.24) is 19.5 Å². The zero-order valence-electron chi connectivity index (χ0n) is 21.2. The minimum Gasteiger partial charge on any atom is -0.444 e. The van der Waals surface area contributed by atoms with Crippen molar-refractivity contribution in [2.24, 2.45) is 7.05 Å². The summed E-state index contributed by atoms with van der Waals surface area (Å²) in [6.07, 6.45) is 6.57. The van der Waals surface area contributed by atoms with Gasteiger partial charge in [-0.3, -0.25) is 9.78 Å². The molecule has 5 rings (SSSR count). The lowest BCUT2D eigenvalue weighted by Crippen LogP contribution is -2.21. The van der Waals surface area contributed by atoms with E-state index < -0.39 is 5.60 Å². The number of aromatic nitrogens is 4. The van der Waals surface area contributed by atoms with Crippen LogP contribution in [0, 0.1) is 6.92 Å². The van der Waals surface area contributed by atoms with Crippen LogP contribution in [0.4, 0.5) is 11.4 Å². The van der Waals surface area contributed by atoms with E-state index in [4.69, 9.17) is 9.40 Å². The van der Waals surface area contributed by atoms with E-state index in [0.29, 0.717) is 18.7 Å². The molecule has 1 saturated heterocycles. The maximum absolute atomic E-state index is 13.2. The van der Waals surface area contributed by atoms with Crippen LogP contribution in [0.2, 0.25) is 0 Å². The molecule has 188 valence electrons. The first-order valence-corrected chi connectivity index (χ1v) is 12.3. The molecule has 4 heterocycles. The quantitative estimate of drug-likeness (QED) is 0.394. The van der Waals surface area contributed by atoms with Crippen LogP contribution in [0.3, 0.4) is 0 Å². The molecule has 9 nitrogen and oxygen atoms in total. The van der Waals surface area contributed by atoms with Crippen LogP contribution in [0.1, 0.15) is 55.1 Å². The SMILES string of the molecule is Cc1cc(-c2nc(C(=O)Nc3cc4c(cc3N3CCCC3)nc(CCC(C)(C)O)n4C)co2)ccn1. The second-order valence-electron chi connectivity index (χ2n) is 10.1. The lowest BCUT2D eigenvalue weighted by atomic mass is 10.0. The molecule has 3 aromatic heterocycles. The van der Waals surface area contributed by atoms with Crippen molar-refractivity contribution < 1.29 is 14.3 Å². The molecule has 36 heavy (non-hydrogen) atoms. The molecule has 0 bridgehead atoms. The Morgan fingerprint density at radius 1 is 1.19 bits per heavy atom. The third-order valence-electron chi connectivity index (χ3n) is 6.63. The number of nitrogens with zero attached hydrogens (tertiary/aromatic N) is 5. The lowest BCUT2D eigenvalue weighted by Gasteiger charge is -2.21. The topological polar surface area (TPSA) is 109 Å². The highest BCUT2D eigenvalue weighted by Gasteiger charge is 2.23. The first kappa shape index (κ1) is 24.0. The molecular weight excluding hydrogens is 456 g/mol. The average molecular weight is 489 g/mol. The van der Waals surface area contributed by atoms with Crippen molar-refractivity contribution in [1.29, 1.82) is 0 Å². The van der Waals surface area contributed by atoms with E-state index in [1.54, 1.807) is 26.1 Å². The fraction of sp³-hybridized carbons (Fsp3) is 0.407. The van der Waals surface area contributed by atoms with Crippen LogP contribution in [0.15, 0.2) is 41.1 Å². The number of hydrogen-bond acceptors (Lipinski definition) is 7. The molecule has 1 aliphatic rings. The number of aliphatic hydroxyl groups is 1. The van der Waals surface area contributed by atoms with Crippen molar-refractivity contribution in [3.8, 4) is 11.5 Å². The Balaban J connectivity index is 1.46. The third kappa shape index (κ3) is 4.97. The Morgan fingerprint density at radius 2 is 1.97 bits per heavy atom. The Hall–Kier alpha value is -3.72. The van der Waals surface area contributed by atoms with Crippen molar-refractivity contribution in [3.05, 3.63) is 53.9 Å². The Labute approximate surface area is 210 Å². The molecule has 2 N–H and O–H groups in total. The van der Waals surface area contributed by atoms with Gasteiger partial charge in [-0.1, -0.05) is 0 Å². The summed E-state index contributed by atoms with van der Waals surface area (Å²) in [5.41, 5.74) is 4.54. The molecule has 0 spiro atoms. The van der Waals surface area contributed by atoms with Gasteiger partial charge in [0, 0.05) is 44.0 Å². The van der Waals surface area contributed by atoms with Gasteiger partial charge in [-0.05, 0) is 64.3 Å². The number of fused-ring (bicyclic) bond motifs is 1. The van der Waals surface area contributed by atoms with Crippen LogP contribution >= 0.6 is 0 Å². The number of carbonyl (C=O) groups is 1. The van der Waals surface area contributed by atoms with Gasteiger partial charge >= 0.3 is 0 Å². The maximum atomic E-state index is 13.2. The van der Waals surface area contributed by atoms with E-state index >= 15 is 0 Å². The number of carbonyl (C=O) groups excluding carboxylic acids is 1. The number of imidazole rings is 1. The molecule has 1 aromatic carbocycles. The number of aryl methyl sites for hydroxylation is 3. The van der Waals surface area contributed by atoms with Gasteiger partial charge in [-0.15, -0.1) is 0 Å².